The largest absolute Gasteiger partial charge is 0.497 e. The Morgan fingerprint density at radius 1 is 1.17 bits per heavy atom. The molecule has 1 fully saturated rings. The number of hydrogen-bond donors (Lipinski definition) is 3. The van der Waals surface area contributed by atoms with Crippen LogP contribution in [-0.4, -0.2) is 48.4 Å². The van der Waals surface area contributed by atoms with Gasteiger partial charge in [0.2, 0.25) is 5.91 Å². The Morgan fingerprint density at radius 2 is 1.90 bits per heavy atom. The van der Waals surface area contributed by atoms with Crippen molar-refractivity contribution in [3.8, 4) is 11.4 Å². The third-order valence-corrected chi connectivity index (χ3v) is 4.39. The molecule has 2 aromatic rings. The third-order valence-electron chi connectivity index (χ3n) is 4.39. The highest BCUT2D eigenvalue weighted by Gasteiger charge is 2.28. The molecule has 1 aliphatic carbocycles. The van der Waals surface area contributed by atoms with Crippen LogP contribution in [-0.2, 0) is 11.3 Å². The second-order valence-electron chi connectivity index (χ2n) is 6.64. The third kappa shape index (κ3) is 7.22. The number of carbonyl (C=O) groups is 1. The SMILES string of the molecule is CCNC(=NCc1ccn(-c2ccc(OC)cc2)n1)NCCNC(=O)C1CC1.I. The summed E-state index contributed by atoms with van der Waals surface area (Å²) in [6.07, 6.45) is 3.96. The number of ether oxygens (including phenoxy) is 1. The number of aliphatic imine (C=N–C) groups is 1. The monoisotopic (exact) mass is 512 g/mol. The first kappa shape index (κ1) is 23.0. The molecule has 9 heteroatoms. The lowest BCUT2D eigenvalue weighted by Gasteiger charge is -2.11. The minimum atomic E-state index is 0. The Hall–Kier alpha value is -2.30. The number of carbonyl (C=O) groups excluding carboxylic acids is 1. The average Bonchev–Trinajstić information content (AvgIpc) is 3.47. The van der Waals surface area contributed by atoms with E-state index in [1.165, 1.54) is 0 Å². The summed E-state index contributed by atoms with van der Waals surface area (Å²) in [5.41, 5.74) is 1.84. The van der Waals surface area contributed by atoms with Crippen LogP contribution < -0.4 is 20.7 Å². The van der Waals surface area contributed by atoms with Crippen LogP contribution in [0.15, 0.2) is 41.5 Å². The second kappa shape index (κ2) is 11.6. The molecule has 0 aliphatic heterocycles. The minimum Gasteiger partial charge on any atom is -0.497 e. The molecular weight excluding hydrogens is 483 g/mol. The fraction of sp³-hybridized carbons (Fsp3) is 0.450. The Labute approximate surface area is 188 Å². The molecule has 0 spiro atoms. The zero-order chi connectivity index (χ0) is 19.8. The number of aromatic nitrogens is 2. The van der Waals surface area contributed by atoms with Crippen LogP contribution in [0.5, 0.6) is 5.75 Å². The molecule has 1 amide bonds. The van der Waals surface area contributed by atoms with Crippen LogP contribution in [0.25, 0.3) is 5.69 Å². The summed E-state index contributed by atoms with van der Waals surface area (Å²) in [4.78, 5) is 16.2. The molecule has 158 valence electrons. The number of benzene rings is 1. The lowest BCUT2D eigenvalue weighted by molar-refractivity contribution is -0.122. The fourth-order valence-corrected chi connectivity index (χ4v) is 2.68. The maximum absolute atomic E-state index is 11.6. The van der Waals surface area contributed by atoms with Gasteiger partial charge in [-0.3, -0.25) is 4.79 Å². The molecule has 3 N–H and O–H groups in total. The number of nitrogens with zero attached hydrogens (tertiary/aromatic N) is 3. The van der Waals surface area contributed by atoms with Crippen LogP contribution in [0.2, 0.25) is 0 Å². The van der Waals surface area contributed by atoms with Crippen molar-refractivity contribution in [3.05, 3.63) is 42.2 Å². The van der Waals surface area contributed by atoms with Gasteiger partial charge in [-0.1, -0.05) is 0 Å². The zero-order valence-electron chi connectivity index (χ0n) is 16.9. The van der Waals surface area contributed by atoms with Gasteiger partial charge in [0, 0.05) is 31.7 Å². The van der Waals surface area contributed by atoms with Gasteiger partial charge in [0.1, 0.15) is 5.75 Å². The molecule has 29 heavy (non-hydrogen) atoms. The number of hydrogen-bond acceptors (Lipinski definition) is 4. The summed E-state index contributed by atoms with van der Waals surface area (Å²) in [5.74, 6) is 1.92. The summed E-state index contributed by atoms with van der Waals surface area (Å²) in [6.45, 7) is 4.47. The molecule has 1 aromatic carbocycles. The summed E-state index contributed by atoms with van der Waals surface area (Å²) in [5, 5.41) is 13.9. The first-order valence-corrected chi connectivity index (χ1v) is 9.68. The Morgan fingerprint density at radius 3 is 2.55 bits per heavy atom. The van der Waals surface area contributed by atoms with Crippen LogP contribution >= 0.6 is 24.0 Å². The van der Waals surface area contributed by atoms with Gasteiger partial charge in [0.25, 0.3) is 0 Å². The van der Waals surface area contributed by atoms with E-state index in [1.54, 1.807) is 7.11 Å². The van der Waals surface area contributed by atoms with Gasteiger partial charge < -0.3 is 20.7 Å². The first-order valence-electron chi connectivity index (χ1n) is 9.68. The van der Waals surface area contributed by atoms with Gasteiger partial charge in [0.05, 0.1) is 25.0 Å². The van der Waals surface area contributed by atoms with E-state index >= 15 is 0 Å². The van der Waals surface area contributed by atoms with E-state index in [2.05, 4.69) is 26.0 Å². The van der Waals surface area contributed by atoms with Crippen molar-refractivity contribution in [1.82, 2.24) is 25.7 Å². The quantitative estimate of drug-likeness (QED) is 0.207. The lowest BCUT2D eigenvalue weighted by Crippen LogP contribution is -2.41. The predicted molar refractivity (Wildman–Crippen MR) is 124 cm³/mol. The summed E-state index contributed by atoms with van der Waals surface area (Å²) < 4.78 is 7.00. The molecular formula is C20H29IN6O2. The number of rotatable bonds is 9. The number of halogens is 1. The number of amides is 1. The highest BCUT2D eigenvalue weighted by Crippen LogP contribution is 2.28. The van der Waals surface area contributed by atoms with Gasteiger partial charge in [-0.2, -0.15) is 5.10 Å². The zero-order valence-corrected chi connectivity index (χ0v) is 19.2. The molecule has 0 saturated heterocycles. The van der Waals surface area contributed by atoms with Crippen LogP contribution in [0, 0.1) is 5.92 Å². The topological polar surface area (TPSA) is 92.6 Å². The lowest BCUT2D eigenvalue weighted by atomic mass is 10.3. The smallest absolute Gasteiger partial charge is 0.223 e. The summed E-state index contributed by atoms with van der Waals surface area (Å²) in [6, 6.07) is 9.68. The van der Waals surface area contributed by atoms with Crippen molar-refractivity contribution < 1.29 is 9.53 Å². The van der Waals surface area contributed by atoms with Crippen LogP contribution in [0.4, 0.5) is 0 Å². The molecule has 0 radical (unpaired) electrons. The van der Waals surface area contributed by atoms with Crippen LogP contribution in [0.1, 0.15) is 25.5 Å². The van der Waals surface area contributed by atoms with Crippen molar-refractivity contribution in [2.24, 2.45) is 10.9 Å². The van der Waals surface area contributed by atoms with Crippen molar-refractivity contribution in [2.45, 2.75) is 26.3 Å². The van der Waals surface area contributed by atoms with Gasteiger partial charge in [0.15, 0.2) is 5.96 Å². The highest BCUT2D eigenvalue weighted by molar-refractivity contribution is 14.0. The molecule has 1 aromatic heterocycles. The summed E-state index contributed by atoms with van der Waals surface area (Å²) in [7, 11) is 1.65. The van der Waals surface area contributed by atoms with E-state index in [4.69, 9.17) is 4.74 Å². The van der Waals surface area contributed by atoms with E-state index < -0.39 is 0 Å². The Bertz CT molecular complexity index is 802. The maximum Gasteiger partial charge on any atom is 0.223 e. The van der Waals surface area contributed by atoms with E-state index in [0.29, 0.717) is 25.6 Å². The summed E-state index contributed by atoms with van der Waals surface area (Å²) >= 11 is 0. The van der Waals surface area contributed by atoms with Gasteiger partial charge in [-0.05, 0) is 50.1 Å². The molecule has 0 unspecified atom stereocenters. The molecule has 3 rings (SSSR count). The Balaban J connectivity index is 0.00000300. The number of nitrogens with one attached hydrogen (secondary N) is 3. The van der Waals surface area contributed by atoms with Crippen molar-refractivity contribution in [3.63, 3.8) is 0 Å². The molecule has 1 aliphatic rings. The van der Waals surface area contributed by atoms with E-state index in [0.717, 1.165) is 36.5 Å². The standard InChI is InChI=1S/C20H28N6O2.HI/c1-3-21-20(23-12-11-22-19(27)15-4-5-15)24-14-16-10-13-26(25-16)17-6-8-18(28-2)9-7-17;/h6-10,13,15H,3-5,11-12,14H2,1-2H3,(H,22,27)(H2,21,23,24);1H. The normalized spacial score (nSPS) is 13.4. The molecule has 1 heterocycles. The van der Waals surface area contributed by atoms with Crippen molar-refractivity contribution in [2.75, 3.05) is 26.7 Å². The van der Waals surface area contributed by atoms with Gasteiger partial charge >= 0.3 is 0 Å². The van der Waals surface area contributed by atoms with Crippen molar-refractivity contribution in [1.29, 1.82) is 0 Å². The second-order valence-corrected chi connectivity index (χ2v) is 6.64. The predicted octanol–water partition coefficient (Wildman–Crippen LogP) is 2.08. The average molecular weight is 512 g/mol. The van der Waals surface area contributed by atoms with E-state index in [1.807, 2.05) is 48.1 Å². The fourth-order valence-electron chi connectivity index (χ4n) is 2.68. The van der Waals surface area contributed by atoms with Gasteiger partial charge in [-0.25, -0.2) is 9.67 Å². The first-order chi connectivity index (χ1) is 13.7. The highest BCUT2D eigenvalue weighted by atomic mass is 127. The van der Waals surface area contributed by atoms with Crippen molar-refractivity contribution >= 4 is 35.8 Å². The minimum absolute atomic E-state index is 0. The molecule has 1 saturated carbocycles. The molecule has 0 bridgehead atoms. The maximum atomic E-state index is 11.6. The van der Waals surface area contributed by atoms with E-state index in [-0.39, 0.29) is 35.8 Å². The molecule has 0 atom stereocenters. The Kier molecular flexibility index (Phi) is 9.23. The van der Waals surface area contributed by atoms with Crippen LogP contribution in [0.3, 0.4) is 0 Å². The van der Waals surface area contributed by atoms with Gasteiger partial charge in [-0.15, -0.1) is 24.0 Å². The van der Waals surface area contributed by atoms with E-state index in [9.17, 15) is 4.79 Å². The number of methoxy groups -OCH3 is 1. The number of guanidine groups is 1. The molecule has 8 nitrogen and oxygen atoms in total.